The summed E-state index contributed by atoms with van der Waals surface area (Å²) in [6, 6.07) is 12.7. The lowest BCUT2D eigenvalue weighted by atomic mass is 10.1. The molecule has 0 saturated heterocycles. The van der Waals surface area contributed by atoms with Crippen LogP contribution in [0.2, 0.25) is 0 Å². The molecule has 1 aliphatic rings. The van der Waals surface area contributed by atoms with E-state index >= 15 is 0 Å². The number of nitrogens with zero attached hydrogens (tertiary/aromatic N) is 6. The van der Waals surface area contributed by atoms with Gasteiger partial charge in [-0.05, 0) is 43.3 Å². The van der Waals surface area contributed by atoms with Gasteiger partial charge in [0.2, 0.25) is 5.88 Å². The van der Waals surface area contributed by atoms with Crippen molar-refractivity contribution in [2.75, 3.05) is 16.4 Å². The molecule has 0 saturated carbocycles. The van der Waals surface area contributed by atoms with E-state index in [0.717, 1.165) is 22.2 Å². The molecule has 32 heavy (non-hydrogen) atoms. The number of anilines is 3. The summed E-state index contributed by atoms with van der Waals surface area (Å²) < 4.78 is 7.32. The third kappa shape index (κ3) is 3.42. The van der Waals surface area contributed by atoms with Crippen LogP contribution in [0.5, 0.6) is 5.88 Å². The Bertz CT molecular complexity index is 1300. The molecule has 0 bridgehead atoms. The predicted octanol–water partition coefficient (Wildman–Crippen LogP) is 3.53. The highest BCUT2D eigenvalue weighted by molar-refractivity contribution is 6.10. The molecule has 4 aromatic rings. The van der Waals surface area contributed by atoms with Gasteiger partial charge in [-0.25, -0.2) is 9.69 Å². The molecule has 0 fully saturated rings. The van der Waals surface area contributed by atoms with Crippen LogP contribution in [0.15, 0.2) is 54.9 Å². The first-order valence-corrected chi connectivity index (χ1v) is 10.3. The maximum absolute atomic E-state index is 13.7. The fourth-order valence-corrected chi connectivity index (χ4v) is 3.84. The molecule has 162 valence electrons. The molecule has 2 amide bonds. The number of hydrogen-bond donors (Lipinski definition) is 1. The number of aliphatic hydroxyl groups excluding tert-OH is 1. The number of rotatable bonds is 5. The molecule has 4 heterocycles. The summed E-state index contributed by atoms with van der Waals surface area (Å²) in [5.74, 6) is 0.965. The normalized spacial score (nSPS) is 13.5. The van der Waals surface area contributed by atoms with Gasteiger partial charge >= 0.3 is 6.03 Å². The van der Waals surface area contributed by atoms with Crippen molar-refractivity contribution >= 4 is 34.1 Å². The van der Waals surface area contributed by atoms with E-state index < -0.39 is 0 Å². The summed E-state index contributed by atoms with van der Waals surface area (Å²) in [6.07, 6.45) is 3.49. The van der Waals surface area contributed by atoms with Crippen LogP contribution in [0.4, 0.5) is 22.0 Å². The summed E-state index contributed by atoms with van der Waals surface area (Å²) in [5, 5.41) is 14.7. The molecular formula is C23H22N6O3. The first-order valence-electron chi connectivity index (χ1n) is 10.3. The van der Waals surface area contributed by atoms with Crippen LogP contribution in [0.3, 0.4) is 0 Å². The SMILES string of the molecule is CCOc1ccc2c(n1)N(c1ccc(CO)nc1)C(=O)N(c1ccc3nn(C)cc3c1)C2. The van der Waals surface area contributed by atoms with Gasteiger partial charge in [-0.1, -0.05) is 0 Å². The fourth-order valence-electron chi connectivity index (χ4n) is 3.84. The first-order chi connectivity index (χ1) is 15.6. The number of amides is 2. The molecule has 1 N–H and O–H groups in total. The van der Waals surface area contributed by atoms with Crippen molar-refractivity contribution in [1.29, 1.82) is 0 Å². The molecule has 0 atom stereocenters. The molecule has 1 aliphatic heterocycles. The summed E-state index contributed by atoms with van der Waals surface area (Å²) in [7, 11) is 1.87. The number of aryl methyl sites for hydroxylation is 1. The Hall–Kier alpha value is -3.98. The molecule has 1 aromatic carbocycles. The molecule has 9 heteroatoms. The maximum atomic E-state index is 13.7. The van der Waals surface area contributed by atoms with Crippen molar-refractivity contribution in [2.45, 2.75) is 20.1 Å². The zero-order valence-corrected chi connectivity index (χ0v) is 17.8. The summed E-state index contributed by atoms with van der Waals surface area (Å²) >= 11 is 0. The van der Waals surface area contributed by atoms with E-state index in [1.807, 2.05) is 50.5 Å². The molecule has 5 rings (SSSR count). The van der Waals surface area contributed by atoms with Gasteiger partial charge in [-0.2, -0.15) is 10.1 Å². The topological polar surface area (TPSA) is 96.6 Å². The molecule has 0 spiro atoms. The lowest BCUT2D eigenvalue weighted by Gasteiger charge is -2.36. The molecular weight excluding hydrogens is 408 g/mol. The predicted molar refractivity (Wildman–Crippen MR) is 120 cm³/mol. The number of benzene rings is 1. The Morgan fingerprint density at radius 1 is 1.12 bits per heavy atom. The lowest BCUT2D eigenvalue weighted by molar-refractivity contribution is 0.252. The van der Waals surface area contributed by atoms with E-state index in [1.54, 1.807) is 27.9 Å². The first kappa shape index (κ1) is 20.0. The molecule has 0 radical (unpaired) electrons. The van der Waals surface area contributed by atoms with E-state index in [2.05, 4.69) is 15.1 Å². The van der Waals surface area contributed by atoms with Gasteiger partial charge in [0.15, 0.2) is 0 Å². The third-order valence-electron chi connectivity index (χ3n) is 5.33. The number of carbonyl (C=O) groups excluding carboxylic acids is 1. The van der Waals surface area contributed by atoms with Crippen molar-refractivity contribution < 1.29 is 14.6 Å². The largest absolute Gasteiger partial charge is 0.478 e. The van der Waals surface area contributed by atoms with Gasteiger partial charge in [0, 0.05) is 35.9 Å². The minimum atomic E-state index is -0.250. The van der Waals surface area contributed by atoms with Crippen molar-refractivity contribution in [2.24, 2.45) is 7.05 Å². The van der Waals surface area contributed by atoms with Gasteiger partial charge in [0.05, 0.1) is 42.9 Å². The number of carbonyl (C=O) groups is 1. The highest BCUT2D eigenvalue weighted by Gasteiger charge is 2.34. The summed E-state index contributed by atoms with van der Waals surface area (Å²) in [6.45, 7) is 2.56. The standard InChI is InChI=1S/C23H22N6O3/c1-3-32-21-9-4-15-13-28(18-7-8-20-16(10-18)12-27(2)26-20)23(31)29(22(15)25-21)19-6-5-17(14-30)24-11-19/h4-12,30H,3,13-14H2,1-2H3. The minimum absolute atomic E-state index is 0.172. The minimum Gasteiger partial charge on any atom is -0.478 e. The van der Waals surface area contributed by atoms with Gasteiger partial charge in [-0.3, -0.25) is 14.6 Å². The number of aliphatic hydroxyl groups is 1. The van der Waals surface area contributed by atoms with E-state index in [4.69, 9.17) is 4.74 Å². The maximum Gasteiger partial charge on any atom is 0.335 e. The number of aromatic nitrogens is 4. The second kappa shape index (κ2) is 7.93. The number of hydrogen-bond acceptors (Lipinski definition) is 6. The summed E-state index contributed by atoms with van der Waals surface area (Å²) in [5.41, 5.74) is 3.59. The molecule has 0 aliphatic carbocycles. The zero-order chi connectivity index (χ0) is 22.2. The second-order valence-corrected chi connectivity index (χ2v) is 7.48. The van der Waals surface area contributed by atoms with Crippen LogP contribution >= 0.6 is 0 Å². The Balaban J connectivity index is 1.62. The fraction of sp³-hybridized carbons (Fsp3) is 0.217. The van der Waals surface area contributed by atoms with Gasteiger partial charge < -0.3 is 9.84 Å². The molecule has 0 unspecified atom stereocenters. The number of fused-ring (bicyclic) bond motifs is 2. The van der Waals surface area contributed by atoms with Crippen LogP contribution in [0, 0.1) is 0 Å². The smallest absolute Gasteiger partial charge is 0.335 e. The van der Waals surface area contributed by atoms with Crippen molar-refractivity contribution in [1.82, 2.24) is 19.7 Å². The monoisotopic (exact) mass is 430 g/mol. The van der Waals surface area contributed by atoms with Gasteiger partial charge in [0.25, 0.3) is 0 Å². The van der Waals surface area contributed by atoms with Crippen molar-refractivity contribution in [3.05, 3.63) is 66.1 Å². The quantitative estimate of drug-likeness (QED) is 0.520. The molecule has 9 nitrogen and oxygen atoms in total. The average molecular weight is 430 g/mol. The Morgan fingerprint density at radius 3 is 2.72 bits per heavy atom. The summed E-state index contributed by atoms with van der Waals surface area (Å²) in [4.78, 5) is 25.8. The second-order valence-electron chi connectivity index (χ2n) is 7.48. The number of ether oxygens (including phenoxy) is 1. The third-order valence-corrected chi connectivity index (χ3v) is 5.33. The highest BCUT2D eigenvalue weighted by Crippen LogP contribution is 2.37. The Kier molecular flexibility index (Phi) is 4.95. The van der Waals surface area contributed by atoms with Gasteiger partial charge in [0.1, 0.15) is 5.82 Å². The van der Waals surface area contributed by atoms with Crippen LogP contribution in [-0.4, -0.2) is 37.5 Å². The van der Waals surface area contributed by atoms with Crippen molar-refractivity contribution in [3.63, 3.8) is 0 Å². The highest BCUT2D eigenvalue weighted by atomic mass is 16.5. The van der Waals surface area contributed by atoms with Crippen LogP contribution in [0.1, 0.15) is 18.2 Å². The van der Waals surface area contributed by atoms with E-state index in [-0.39, 0.29) is 12.6 Å². The molecule has 3 aromatic heterocycles. The average Bonchev–Trinajstić information content (AvgIpc) is 3.18. The number of pyridine rings is 2. The van der Waals surface area contributed by atoms with Gasteiger partial charge in [-0.15, -0.1) is 0 Å². The van der Waals surface area contributed by atoms with E-state index in [1.165, 1.54) is 4.90 Å². The van der Waals surface area contributed by atoms with E-state index in [0.29, 0.717) is 36.2 Å². The Morgan fingerprint density at radius 2 is 1.97 bits per heavy atom. The number of urea groups is 1. The van der Waals surface area contributed by atoms with Crippen LogP contribution in [-0.2, 0) is 20.2 Å². The lowest BCUT2D eigenvalue weighted by Crippen LogP contribution is -2.45. The van der Waals surface area contributed by atoms with Crippen LogP contribution in [0.25, 0.3) is 10.9 Å². The Labute approximate surface area is 184 Å². The van der Waals surface area contributed by atoms with Crippen LogP contribution < -0.4 is 14.5 Å². The van der Waals surface area contributed by atoms with E-state index in [9.17, 15) is 9.90 Å². The van der Waals surface area contributed by atoms with Crippen molar-refractivity contribution in [3.8, 4) is 5.88 Å². The zero-order valence-electron chi connectivity index (χ0n) is 17.8.